The van der Waals surface area contributed by atoms with E-state index in [1.165, 1.54) is 0 Å². The summed E-state index contributed by atoms with van der Waals surface area (Å²) in [6.45, 7) is 9.47. The van der Waals surface area contributed by atoms with E-state index in [-0.39, 0.29) is 6.61 Å². The summed E-state index contributed by atoms with van der Waals surface area (Å²) in [5.74, 6) is 0. The molecule has 0 aromatic rings. The van der Waals surface area contributed by atoms with Crippen LogP contribution < -0.4 is 0 Å². The predicted octanol–water partition coefficient (Wildman–Crippen LogP) is 1.52. The first-order valence-corrected chi connectivity index (χ1v) is 3.68. The van der Waals surface area contributed by atoms with Crippen LogP contribution in [0, 0.1) is 0 Å². The van der Waals surface area contributed by atoms with Gasteiger partial charge in [0.15, 0.2) is 0 Å². The topological polar surface area (TPSA) is 29.5 Å². The first-order chi connectivity index (χ1) is 5.18. The number of ether oxygens (including phenoxy) is 1. The molecule has 2 nitrogen and oxygen atoms in total. The average molecular weight is 156 g/mol. The Bertz CT molecular complexity index is 132. The van der Waals surface area contributed by atoms with Crippen LogP contribution in [0.1, 0.15) is 13.3 Å². The summed E-state index contributed by atoms with van der Waals surface area (Å²) in [6, 6.07) is 0. The molecule has 1 N–H and O–H groups in total. The number of aliphatic hydroxyl groups excluding tert-OH is 1. The van der Waals surface area contributed by atoms with Crippen LogP contribution in [0.25, 0.3) is 0 Å². The van der Waals surface area contributed by atoms with E-state index in [2.05, 4.69) is 13.2 Å². The zero-order chi connectivity index (χ0) is 8.74. The lowest BCUT2D eigenvalue weighted by Crippen LogP contribution is -2.30. The summed E-state index contributed by atoms with van der Waals surface area (Å²) in [6.07, 6.45) is 4.18. The Hall–Kier alpha value is -0.600. The van der Waals surface area contributed by atoms with E-state index in [1.54, 1.807) is 19.1 Å². The highest BCUT2D eigenvalue weighted by molar-refractivity contribution is 4.93. The second-order valence-corrected chi connectivity index (χ2v) is 2.60. The molecule has 11 heavy (non-hydrogen) atoms. The first-order valence-electron chi connectivity index (χ1n) is 3.68. The van der Waals surface area contributed by atoms with Gasteiger partial charge in [-0.15, -0.1) is 13.2 Å². The first kappa shape index (κ1) is 10.4. The Balaban J connectivity index is 3.68. The van der Waals surface area contributed by atoms with Crippen molar-refractivity contribution in [3.05, 3.63) is 25.3 Å². The molecule has 0 aromatic carbocycles. The third-order valence-electron chi connectivity index (χ3n) is 1.50. The van der Waals surface area contributed by atoms with Gasteiger partial charge in [0.25, 0.3) is 0 Å². The third kappa shape index (κ3) is 3.96. The standard InChI is InChI=1S/C9H16O2/c1-4-6-7-11-9(3,5-2)8-10/h4-5,10H,1-2,6-8H2,3H3/t9-/m1/s1. The van der Waals surface area contributed by atoms with Crippen LogP contribution >= 0.6 is 0 Å². The second kappa shape index (κ2) is 5.10. The minimum atomic E-state index is -0.594. The molecular weight excluding hydrogens is 140 g/mol. The van der Waals surface area contributed by atoms with E-state index in [0.29, 0.717) is 6.61 Å². The van der Waals surface area contributed by atoms with E-state index in [4.69, 9.17) is 9.84 Å². The van der Waals surface area contributed by atoms with Gasteiger partial charge in [-0.2, -0.15) is 0 Å². The lowest BCUT2D eigenvalue weighted by molar-refractivity contribution is -0.0299. The van der Waals surface area contributed by atoms with Gasteiger partial charge in [0, 0.05) is 0 Å². The molecule has 0 heterocycles. The highest BCUT2D eigenvalue weighted by Crippen LogP contribution is 2.10. The van der Waals surface area contributed by atoms with E-state index in [1.807, 2.05) is 0 Å². The largest absolute Gasteiger partial charge is 0.393 e. The molecule has 0 radical (unpaired) electrons. The molecule has 2 heteroatoms. The summed E-state index contributed by atoms with van der Waals surface area (Å²) in [5.41, 5.74) is -0.594. The normalized spacial score (nSPS) is 15.5. The van der Waals surface area contributed by atoms with Gasteiger partial charge in [0.05, 0.1) is 13.2 Å². The maximum Gasteiger partial charge on any atom is 0.106 e. The fraction of sp³-hybridized carbons (Fsp3) is 0.556. The van der Waals surface area contributed by atoms with Crippen LogP contribution in [-0.4, -0.2) is 23.9 Å². The van der Waals surface area contributed by atoms with E-state index in [9.17, 15) is 0 Å². The number of hydrogen-bond donors (Lipinski definition) is 1. The van der Waals surface area contributed by atoms with Crippen molar-refractivity contribution >= 4 is 0 Å². The summed E-state index contributed by atoms with van der Waals surface area (Å²) in [5, 5.41) is 8.86. The minimum absolute atomic E-state index is 0.0341. The van der Waals surface area contributed by atoms with Crippen LogP contribution in [0.2, 0.25) is 0 Å². The van der Waals surface area contributed by atoms with Crippen LogP contribution in [-0.2, 0) is 4.74 Å². The number of rotatable bonds is 6. The Kier molecular flexibility index (Phi) is 4.83. The number of hydrogen-bond acceptors (Lipinski definition) is 2. The van der Waals surface area contributed by atoms with Gasteiger partial charge in [-0.3, -0.25) is 0 Å². The van der Waals surface area contributed by atoms with E-state index < -0.39 is 5.60 Å². The van der Waals surface area contributed by atoms with Crippen LogP contribution in [0.15, 0.2) is 25.3 Å². The predicted molar refractivity (Wildman–Crippen MR) is 46.5 cm³/mol. The van der Waals surface area contributed by atoms with Crippen molar-refractivity contribution in [2.75, 3.05) is 13.2 Å². The lowest BCUT2D eigenvalue weighted by atomic mass is 10.1. The fourth-order valence-corrected chi connectivity index (χ4v) is 0.545. The quantitative estimate of drug-likeness (QED) is 0.466. The van der Waals surface area contributed by atoms with Gasteiger partial charge < -0.3 is 9.84 Å². The van der Waals surface area contributed by atoms with Crippen molar-refractivity contribution in [3.63, 3.8) is 0 Å². The monoisotopic (exact) mass is 156 g/mol. The Morgan fingerprint density at radius 2 is 2.18 bits per heavy atom. The van der Waals surface area contributed by atoms with Crippen molar-refractivity contribution in [1.29, 1.82) is 0 Å². The highest BCUT2D eigenvalue weighted by Gasteiger charge is 2.18. The van der Waals surface area contributed by atoms with Crippen LogP contribution in [0.3, 0.4) is 0 Å². The van der Waals surface area contributed by atoms with Gasteiger partial charge in [0.1, 0.15) is 5.60 Å². The third-order valence-corrected chi connectivity index (χ3v) is 1.50. The van der Waals surface area contributed by atoms with Crippen molar-refractivity contribution in [2.24, 2.45) is 0 Å². The molecule has 0 aliphatic carbocycles. The summed E-state index contributed by atoms with van der Waals surface area (Å²) in [7, 11) is 0. The van der Waals surface area contributed by atoms with Crippen molar-refractivity contribution in [3.8, 4) is 0 Å². The summed E-state index contributed by atoms with van der Waals surface area (Å²) < 4.78 is 5.33. The summed E-state index contributed by atoms with van der Waals surface area (Å²) >= 11 is 0. The molecule has 0 aromatic heterocycles. The van der Waals surface area contributed by atoms with E-state index in [0.717, 1.165) is 6.42 Å². The average Bonchev–Trinajstić information content (AvgIpc) is 2.05. The van der Waals surface area contributed by atoms with Crippen molar-refractivity contribution in [2.45, 2.75) is 18.9 Å². The molecule has 0 bridgehead atoms. The minimum Gasteiger partial charge on any atom is -0.393 e. The molecule has 64 valence electrons. The Morgan fingerprint density at radius 3 is 2.55 bits per heavy atom. The van der Waals surface area contributed by atoms with Crippen LogP contribution in [0.5, 0.6) is 0 Å². The zero-order valence-electron chi connectivity index (χ0n) is 7.05. The number of aliphatic hydroxyl groups is 1. The van der Waals surface area contributed by atoms with Gasteiger partial charge in [-0.25, -0.2) is 0 Å². The zero-order valence-corrected chi connectivity index (χ0v) is 7.05. The fourth-order valence-electron chi connectivity index (χ4n) is 0.545. The maximum atomic E-state index is 8.86. The van der Waals surface area contributed by atoms with Gasteiger partial charge in [-0.1, -0.05) is 12.2 Å². The molecule has 0 saturated carbocycles. The molecule has 0 rings (SSSR count). The highest BCUT2D eigenvalue weighted by atomic mass is 16.5. The van der Waals surface area contributed by atoms with Gasteiger partial charge in [0.2, 0.25) is 0 Å². The molecule has 0 fully saturated rings. The van der Waals surface area contributed by atoms with Gasteiger partial charge in [-0.05, 0) is 13.3 Å². The molecular formula is C9H16O2. The molecule has 0 amide bonds. The summed E-state index contributed by atoms with van der Waals surface area (Å²) in [4.78, 5) is 0. The SMILES string of the molecule is C=CCCO[C@](C)(C=C)CO. The lowest BCUT2D eigenvalue weighted by Gasteiger charge is -2.23. The maximum absolute atomic E-state index is 8.86. The molecule has 0 unspecified atom stereocenters. The Labute approximate surface area is 68.2 Å². The molecule has 1 atom stereocenters. The molecule has 0 saturated heterocycles. The van der Waals surface area contributed by atoms with Crippen molar-refractivity contribution < 1.29 is 9.84 Å². The molecule has 0 aliphatic heterocycles. The van der Waals surface area contributed by atoms with E-state index >= 15 is 0 Å². The van der Waals surface area contributed by atoms with Crippen molar-refractivity contribution in [1.82, 2.24) is 0 Å². The van der Waals surface area contributed by atoms with Gasteiger partial charge >= 0.3 is 0 Å². The Morgan fingerprint density at radius 1 is 1.55 bits per heavy atom. The molecule has 0 aliphatic rings. The smallest absolute Gasteiger partial charge is 0.106 e. The second-order valence-electron chi connectivity index (χ2n) is 2.60. The van der Waals surface area contributed by atoms with Crippen LogP contribution in [0.4, 0.5) is 0 Å². The molecule has 0 spiro atoms.